The first kappa shape index (κ1) is 7.80. The number of nitrogens with zero attached hydrogens (tertiary/aromatic N) is 1. The first-order valence-electron chi connectivity index (χ1n) is 4.07. The van der Waals surface area contributed by atoms with Crippen molar-refractivity contribution < 1.29 is 5.21 Å². The molecule has 2 nitrogen and oxygen atoms in total. The fourth-order valence-electron chi connectivity index (χ4n) is 1.56. The van der Waals surface area contributed by atoms with Crippen molar-refractivity contribution in [3.05, 3.63) is 21.9 Å². The number of hydrogen-bond acceptors (Lipinski definition) is 3. The Morgan fingerprint density at radius 3 is 2.92 bits per heavy atom. The third-order valence-electron chi connectivity index (χ3n) is 2.44. The van der Waals surface area contributed by atoms with Crippen molar-refractivity contribution in [2.45, 2.75) is 25.7 Å². The standard InChI is InChI=1S/C9H11NOS/c1-6-4-5-12-9(6)7-2-3-8(7)10-11/h4-5,7,11H,2-3H2,1H3. The second-order valence-electron chi connectivity index (χ2n) is 3.15. The molecule has 1 aliphatic carbocycles. The highest BCUT2D eigenvalue weighted by Gasteiger charge is 2.29. The van der Waals surface area contributed by atoms with Gasteiger partial charge < -0.3 is 5.21 Å². The molecule has 0 aromatic carbocycles. The lowest BCUT2D eigenvalue weighted by Gasteiger charge is -2.26. The zero-order chi connectivity index (χ0) is 8.55. The minimum absolute atomic E-state index is 0.412. The van der Waals surface area contributed by atoms with Gasteiger partial charge in [0.05, 0.1) is 5.71 Å². The van der Waals surface area contributed by atoms with E-state index in [-0.39, 0.29) is 0 Å². The van der Waals surface area contributed by atoms with Gasteiger partial charge in [0.25, 0.3) is 0 Å². The van der Waals surface area contributed by atoms with E-state index in [0.29, 0.717) is 5.92 Å². The van der Waals surface area contributed by atoms with Crippen LogP contribution < -0.4 is 0 Å². The van der Waals surface area contributed by atoms with Gasteiger partial charge in [-0.25, -0.2) is 0 Å². The summed E-state index contributed by atoms with van der Waals surface area (Å²) in [6.45, 7) is 2.11. The molecule has 0 spiro atoms. The van der Waals surface area contributed by atoms with Crippen LogP contribution in [0.25, 0.3) is 0 Å². The van der Waals surface area contributed by atoms with E-state index < -0.39 is 0 Å². The molecule has 0 aliphatic heterocycles. The van der Waals surface area contributed by atoms with Crippen LogP contribution in [0.4, 0.5) is 0 Å². The van der Waals surface area contributed by atoms with Crippen LogP contribution >= 0.6 is 11.3 Å². The Bertz CT molecular complexity index is 316. The second kappa shape index (κ2) is 2.90. The van der Waals surface area contributed by atoms with Crippen LogP contribution in [0.1, 0.15) is 29.2 Å². The maximum absolute atomic E-state index is 8.64. The van der Waals surface area contributed by atoms with Gasteiger partial charge in [-0.3, -0.25) is 0 Å². The molecule has 0 radical (unpaired) electrons. The molecule has 1 fully saturated rings. The first-order chi connectivity index (χ1) is 5.83. The lowest BCUT2D eigenvalue weighted by molar-refractivity contribution is 0.310. The summed E-state index contributed by atoms with van der Waals surface area (Å²) in [6.07, 6.45) is 2.10. The summed E-state index contributed by atoms with van der Waals surface area (Å²) in [6, 6.07) is 2.12. The summed E-state index contributed by atoms with van der Waals surface area (Å²) in [4.78, 5) is 1.37. The molecule has 3 heteroatoms. The van der Waals surface area contributed by atoms with Gasteiger partial charge in [0.1, 0.15) is 0 Å². The molecular formula is C9H11NOS. The lowest BCUT2D eigenvalue weighted by Crippen LogP contribution is -2.23. The number of rotatable bonds is 1. The topological polar surface area (TPSA) is 32.6 Å². The fraction of sp³-hybridized carbons (Fsp3) is 0.444. The summed E-state index contributed by atoms with van der Waals surface area (Å²) >= 11 is 1.76. The SMILES string of the molecule is Cc1ccsc1C1CCC1=NO. The Morgan fingerprint density at radius 1 is 1.67 bits per heavy atom. The van der Waals surface area contributed by atoms with Gasteiger partial charge in [0.2, 0.25) is 0 Å². The summed E-state index contributed by atoms with van der Waals surface area (Å²) < 4.78 is 0. The van der Waals surface area contributed by atoms with Crippen LogP contribution in [0.3, 0.4) is 0 Å². The van der Waals surface area contributed by atoms with Crippen molar-refractivity contribution >= 4 is 17.0 Å². The molecule has 64 valence electrons. The van der Waals surface area contributed by atoms with E-state index in [2.05, 4.69) is 23.5 Å². The zero-order valence-corrected chi connectivity index (χ0v) is 7.77. The average Bonchev–Trinajstić information content (AvgIpc) is 2.36. The van der Waals surface area contributed by atoms with Crippen molar-refractivity contribution in [1.29, 1.82) is 0 Å². The molecule has 1 atom stereocenters. The summed E-state index contributed by atoms with van der Waals surface area (Å²) in [7, 11) is 0. The van der Waals surface area contributed by atoms with E-state index in [1.165, 1.54) is 10.4 Å². The Balaban J connectivity index is 2.27. The van der Waals surface area contributed by atoms with Crippen molar-refractivity contribution in [3.8, 4) is 0 Å². The summed E-state index contributed by atoms with van der Waals surface area (Å²) in [5.74, 6) is 0.412. The Morgan fingerprint density at radius 2 is 2.50 bits per heavy atom. The minimum atomic E-state index is 0.412. The van der Waals surface area contributed by atoms with Crippen LogP contribution in [-0.4, -0.2) is 10.9 Å². The molecule has 1 aromatic heterocycles. The molecule has 1 heterocycles. The third-order valence-corrected chi connectivity index (χ3v) is 3.57. The van der Waals surface area contributed by atoms with Crippen LogP contribution in [0.5, 0.6) is 0 Å². The van der Waals surface area contributed by atoms with Gasteiger partial charge in [0, 0.05) is 10.8 Å². The van der Waals surface area contributed by atoms with Gasteiger partial charge in [0.15, 0.2) is 0 Å². The molecule has 1 aliphatic rings. The summed E-state index contributed by atoms with van der Waals surface area (Å²) in [5.41, 5.74) is 2.27. The second-order valence-corrected chi connectivity index (χ2v) is 4.10. The smallest absolute Gasteiger partial charge is 0.0654 e. The lowest BCUT2D eigenvalue weighted by atomic mass is 9.81. The van der Waals surface area contributed by atoms with E-state index in [1.54, 1.807) is 11.3 Å². The predicted octanol–water partition coefficient (Wildman–Crippen LogP) is 2.76. The zero-order valence-electron chi connectivity index (χ0n) is 6.95. The maximum atomic E-state index is 8.64. The third kappa shape index (κ3) is 1.05. The molecule has 0 saturated heterocycles. The van der Waals surface area contributed by atoms with E-state index in [4.69, 9.17) is 5.21 Å². The van der Waals surface area contributed by atoms with Gasteiger partial charge in [-0.15, -0.1) is 11.3 Å². The molecule has 1 unspecified atom stereocenters. The van der Waals surface area contributed by atoms with Gasteiger partial charge in [-0.2, -0.15) is 0 Å². The maximum Gasteiger partial charge on any atom is 0.0654 e. The van der Waals surface area contributed by atoms with Gasteiger partial charge >= 0.3 is 0 Å². The highest BCUT2D eigenvalue weighted by Crippen LogP contribution is 2.38. The molecule has 12 heavy (non-hydrogen) atoms. The first-order valence-corrected chi connectivity index (χ1v) is 4.95. The van der Waals surface area contributed by atoms with Gasteiger partial charge in [-0.1, -0.05) is 5.16 Å². The quantitative estimate of drug-likeness (QED) is 0.524. The van der Waals surface area contributed by atoms with E-state index in [0.717, 1.165) is 18.6 Å². The van der Waals surface area contributed by atoms with Crippen LogP contribution in [0, 0.1) is 6.92 Å². The minimum Gasteiger partial charge on any atom is -0.411 e. The van der Waals surface area contributed by atoms with Crippen molar-refractivity contribution in [3.63, 3.8) is 0 Å². The number of aryl methyl sites for hydroxylation is 1. The summed E-state index contributed by atoms with van der Waals surface area (Å²) in [5, 5.41) is 14.0. The van der Waals surface area contributed by atoms with E-state index in [1.807, 2.05) is 0 Å². The van der Waals surface area contributed by atoms with Gasteiger partial charge in [-0.05, 0) is 36.8 Å². The Labute approximate surface area is 75.5 Å². The molecule has 2 rings (SSSR count). The molecule has 0 bridgehead atoms. The molecular weight excluding hydrogens is 170 g/mol. The van der Waals surface area contributed by atoms with Crippen LogP contribution in [0.15, 0.2) is 16.6 Å². The highest BCUT2D eigenvalue weighted by atomic mass is 32.1. The predicted molar refractivity (Wildman–Crippen MR) is 50.3 cm³/mol. The number of oxime groups is 1. The van der Waals surface area contributed by atoms with Crippen molar-refractivity contribution in [1.82, 2.24) is 0 Å². The molecule has 0 amide bonds. The fourth-order valence-corrected chi connectivity index (χ4v) is 2.65. The average molecular weight is 181 g/mol. The monoisotopic (exact) mass is 181 g/mol. The Kier molecular flexibility index (Phi) is 1.89. The van der Waals surface area contributed by atoms with Crippen molar-refractivity contribution in [2.75, 3.05) is 0 Å². The van der Waals surface area contributed by atoms with E-state index in [9.17, 15) is 0 Å². The largest absolute Gasteiger partial charge is 0.411 e. The molecule has 1 N–H and O–H groups in total. The van der Waals surface area contributed by atoms with Crippen LogP contribution in [0.2, 0.25) is 0 Å². The highest BCUT2D eigenvalue weighted by molar-refractivity contribution is 7.10. The molecule has 1 saturated carbocycles. The Hall–Kier alpha value is -0.830. The van der Waals surface area contributed by atoms with Crippen LogP contribution in [-0.2, 0) is 0 Å². The van der Waals surface area contributed by atoms with Crippen molar-refractivity contribution in [2.24, 2.45) is 5.16 Å². The number of thiophene rings is 1. The van der Waals surface area contributed by atoms with E-state index >= 15 is 0 Å². The number of hydrogen-bond donors (Lipinski definition) is 1. The normalized spacial score (nSPS) is 25.8. The molecule has 1 aromatic rings.